The second-order valence-electron chi connectivity index (χ2n) is 7.63. The first kappa shape index (κ1) is 17.9. The summed E-state index contributed by atoms with van der Waals surface area (Å²) in [6, 6.07) is 7.94. The molecule has 0 radical (unpaired) electrons. The summed E-state index contributed by atoms with van der Waals surface area (Å²) < 4.78 is 1.87. The Morgan fingerprint density at radius 3 is 2.52 bits per heavy atom. The highest BCUT2D eigenvalue weighted by molar-refractivity contribution is 5.79. The molecule has 2 aromatic rings. The number of carbonyl (C=O) groups excluding carboxylic acids is 1. The van der Waals surface area contributed by atoms with E-state index in [-0.39, 0.29) is 23.6 Å². The van der Waals surface area contributed by atoms with Gasteiger partial charge in [0.05, 0.1) is 17.6 Å². The van der Waals surface area contributed by atoms with Crippen molar-refractivity contribution in [3.8, 4) is 12.3 Å². The fraction of sp³-hybridized carbons (Fsp3) is 0.524. The summed E-state index contributed by atoms with van der Waals surface area (Å²) in [5, 5.41) is 0. The lowest BCUT2D eigenvalue weighted by molar-refractivity contribution is -0.138. The van der Waals surface area contributed by atoms with E-state index in [0.717, 1.165) is 62.9 Å². The minimum Gasteiger partial charge on any atom is -0.342 e. The Bertz CT molecular complexity index is 906. The summed E-state index contributed by atoms with van der Waals surface area (Å²) >= 11 is 0. The highest BCUT2D eigenvalue weighted by atomic mass is 16.2. The number of hydrogen-bond acceptors (Lipinski definition) is 3. The summed E-state index contributed by atoms with van der Waals surface area (Å²) in [4.78, 5) is 32.4. The van der Waals surface area contributed by atoms with Crippen molar-refractivity contribution >= 4 is 16.9 Å². The molecule has 2 aliphatic heterocycles. The predicted molar refractivity (Wildman–Crippen MR) is 105 cm³/mol. The Balaban J connectivity index is 1.38. The van der Waals surface area contributed by atoms with Crippen molar-refractivity contribution in [3.05, 3.63) is 34.7 Å². The number of rotatable bonds is 3. The number of nitrogens with zero attached hydrogens (tertiary/aromatic N) is 3. The van der Waals surface area contributed by atoms with Gasteiger partial charge in [-0.05, 0) is 50.9 Å². The van der Waals surface area contributed by atoms with Crippen LogP contribution in [0.25, 0.3) is 11.0 Å². The van der Waals surface area contributed by atoms with Crippen molar-refractivity contribution in [1.29, 1.82) is 0 Å². The zero-order chi connectivity index (χ0) is 18.8. The predicted octanol–water partition coefficient (Wildman–Crippen LogP) is 1.84. The van der Waals surface area contributed by atoms with Gasteiger partial charge in [0.15, 0.2) is 0 Å². The molecule has 1 aromatic heterocycles. The number of imidazole rings is 1. The maximum atomic E-state index is 12.9. The minimum absolute atomic E-state index is 0.0538. The van der Waals surface area contributed by atoms with Crippen LogP contribution in [0.5, 0.6) is 0 Å². The van der Waals surface area contributed by atoms with Gasteiger partial charge in [0.2, 0.25) is 5.91 Å². The fourth-order valence-corrected chi connectivity index (χ4v) is 4.51. The number of piperidine rings is 2. The second kappa shape index (κ2) is 7.61. The number of nitrogens with one attached hydrogen (secondary N) is 1. The third-order valence-corrected chi connectivity index (χ3v) is 6.02. The highest BCUT2D eigenvalue weighted by Gasteiger charge is 2.31. The maximum Gasteiger partial charge on any atom is 0.326 e. The molecular formula is C21H26N4O2. The van der Waals surface area contributed by atoms with Crippen LogP contribution in [0.2, 0.25) is 0 Å². The van der Waals surface area contributed by atoms with Crippen LogP contribution < -0.4 is 5.69 Å². The van der Waals surface area contributed by atoms with Gasteiger partial charge in [-0.1, -0.05) is 18.1 Å². The lowest BCUT2D eigenvalue weighted by atomic mass is 9.93. The van der Waals surface area contributed by atoms with Crippen molar-refractivity contribution in [2.45, 2.75) is 31.7 Å². The van der Waals surface area contributed by atoms with Crippen LogP contribution in [-0.4, -0.2) is 58.0 Å². The van der Waals surface area contributed by atoms with Gasteiger partial charge in [-0.3, -0.25) is 14.3 Å². The number of H-pyrrole nitrogens is 1. The van der Waals surface area contributed by atoms with Crippen LogP contribution >= 0.6 is 0 Å². The van der Waals surface area contributed by atoms with Crippen LogP contribution in [0.4, 0.5) is 0 Å². The van der Waals surface area contributed by atoms with Crippen LogP contribution in [0.3, 0.4) is 0 Å². The number of terminal acetylenes is 1. The number of carbonyl (C=O) groups is 1. The molecule has 4 rings (SSSR count). The number of para-hydroxylation sites is 2. The van der Waals surface area contributed by atoms with Crippen LogP contribution in [0, 0.1) is 18.3 Å². The lowest BCUT2D eigenvalue weighted by Crippen LogP contribution is -2.46. The smallest absolute Gasteiger partial charge is 0.326 e. The average Bonchev–Trinajstić information content (AvgIpc) is 3.04. The summed E-state index contributed by atoms with van der Waals surface area (Å²) in [5.41, 5.74) is 1.77. The van der Waals surface area contributed by atoms with E-state index in [9.17, 15) is 9.59 Å². The Morgan fingerprint density at radius 2 is 1.81 bits per heavy atom. The Labute approximate surface area is 159 Å². The van der Waals surface area contributed by atoms with Gasteiger partial charge in [0.25, 0.3) is 0 Å². The molecule has 0 atom stereocenters. The number of benzene rings is 1. The molecule has 0 saturated carbocycles. The van der Waals surface area contributed by atoms with Gasteiger partial charge in [-0.2, -0.15) is 0 Å². The summed E-state index contributed by atoms with van der Waals surface area (Å²) in [6.07, 6.45) is 8.80. The number of likely N-dealkylation sites (tertiary alicyclic amines) is 2. The first-order valence-electron chi connectivity index (χ1n) is 9.81. The Hall–Kier alpha value is -2.52. The quantitative estimate of drug-likeness (QED) is 0.843. The molecule has 0 unspecified atom stereocenters. The molecule has 6 nitrogen and oxygen atoms in total. The average molecular weight is 366 g/mol. The Kier molecular flexibility index (Phi) is 5.04. The van der Waals surface area contributed by atoms with Crippen molar-refractivity contribution in [2.24, 2.45) is 5.92 Å². The summed E-state index contributed by atoms with van der Waals surface area (Å²) in [7, 11) is 0. The SMILES string of the molecule is C#CCN1CCC(C(=O)N2CCC(n3c(=O)[nH]c4ccccc43)CC2)CC1. The van der Waals surface area contributed by atoms with E-state index in [4.69, 9.17) is 6.42 Å². The standard InChI is InChI=1S/C21H26N4O2/c1-2-11-23-12-7-16(8-13-23)20(26)24-14-9-17(10-15-24)25-19-6-4-3-5-18(19)22-21(25)27/h1,3-6,16-17H,7-15H2,(H,22,27). The number of aromatic nitrogens is 2. The molecule has 2 aliphatic rings. The van der Waals surface area contributed by atoms with Crippen LogP contribution in [0.15, 0.2) is 29.1 Å². The molecule has 1 amide bonds. The van der Waals surface area contributed by atoms with Gasteiger partial charge in [-0.25, -0.2) is 4.79 Å². The third-order valence-electron chi connectivity index (χ3n) is 6.02. The van der Waals surface area contributed by atoms with Gasteiger partial charge in [0, 0.05) is 25.0 Å². The summed E-state index contributed by atoms with van der Waals surface area (Å²) in [6.45, 7) is 3.93. The zero-order valence-corrected chi connectivity index (χ0v) is 15.6. The maximum absolute atomic E-state index is 12.9. The lowest BCUT2D eigenvalue weighted by Gasteiger charge is -2.37. The van der Waals surface area contributed by atoms with Crippen molar-refractivity contribution in [3.63, 3.8) is 0 Å². The molecule has 0 bridgehead atoms. The number of hydrogen-bond donors (Lipinski definition) is 1. The van der Waals surface area contributed by atoms with E-state index < -0.39 is 0 Å². The van der Waals surface area contributed by atoms with Crippen molar-refractivity contribution in [2.75, 3.05) is 32.7 Å². The molecule has 0 aliphatic carbocycles. The van der Waals surface area contributed by atoms with E-state index in [1.165, 1.54) is 0 Å². The molecule has 27 heavy (non-hydrogen) atoms. The Morgan fingerprint density at radius 1 is 1.11 bits per heavy atom. The third kappa shape index (κ3) is 3.52. The largest absolute Gasteiger partial charge is 0.342 e. The normalized spacial score (nSPS) is 20.0. The molecule has 6 heteroatoms. The zero-order valence-electron chi connectivity index (χ0n) is 15.6. The first-order valence-corrected chi connectivity index (χ1v) is 9.81. The molecule has 0 spiro atoms. The first-order chi connectivity index (χ1) is 13.2. The van der Waals surface area contributed by atoms with Gasteiger partial charge >= 0.3 is 5.69 Å². The van der Waals surface area contributed by atoms with E-state index in [2.05, 4.69) is 15.8 Å². The molecule has 3 heterocycles. The van der Waals surface area contributed by atoms with E-state index >= 15 is 0 Å². The van der Waals surface area contributed by atoms with Crippen molar-refractivity contribution < 1.29 is 4.79 Å². The van der Waals surface area contributed by atoms with E-state index in [1.54, 1.807) is 0 Å². The van der Waals surface area contributed by atoms with Crippen molar-refractivity contribution in [1.82, 2.24) is 19.4 Å². The molecule has 1 N–H and O–H groups in total. The fourth-order valence-electron chi connectivity index (χ4n) is 4.51. The number of fused-ring (bicyclic) bond motifs is 1. The summed E-state index contributed by atoms with van der Waals surface area (Å²) in [5.74, 6) is 3.08. The van der Waals surface area contributed by atoms with E-state index in [1.807, 2.05) is 33.7 Å². The van der Waals surface area contributed by atoms with Crippen LogP contribution in [-0.2, 0) is 4.79 Å². The van der Waals surface area contributed by atoms with Gasteiger partial charge in [0.1, 0.15) is 0 Å². The van der Waals surface area contributed by atoms with Gasteiger partial charge in [-0.15, -0.1) is 6.42 Å². The minimum atomic E-state index is -0.0538. The molecule has 2 saturated heterocycles. The molecule has 2 fully saturated rings. The second-order valence-corrected chi connectivity index (χ2v) is 7.63. The molecular weight excluding hydrogens is 340 g/mol. The van der Waals surface area contributed by atoms with Gasteiger partial charge < -0.3 is 9.88 Å². The number of aromatic amines is 1. The number of amides is 1. The highest BCUT2D eigenvalue weighted by Crippen LogP contribution is 2.27. The monoisotopic (exact) mass is 366 g/mol. The topological polar surface area (TPSA) is 61.3 Å². The molecule has 142 valence electrons. The molecule has 1 aromatic carbocycles. The van der Waals surface area contributed by atoms with Crippen LogP contribution in [0.1, 0.15) is 31.7 Å². The van der Waals surface area contributed by atoms with E-state index in [0.29, 0.717) is 6.54 Å².